The molecule has 106 valence electrons. The molecule has 0 aliphatic carbocycles. The molecule has 0 aromatic carbocycles. The van der Waals surface area contributed by atoms with Crippen LogP contribution < -0.4 is 5.32 Å². The van der Waals surface area contributed by atoms with Crippen LogP contribution in [0.4, 0.5) is 0 Å². The molecule has 0 radical (unpaired) electrons. The molecule has 3 rings (SSSR count). The van der Waals surface area contributed by atoms with Crippen LogP contribution in [-0.2, 0) is 11.2 Å². The first kappa shape index (κ1) is 13.1. The number of hydrogen-bond acceptors (Lipinski definition) is 5. The van der Waals surface area contributed by atoms with Crippen molar-refractivity contribution in [3.8, 4) is 0 Å². The summed E-state index contributed by atoms with van der Waals surface area (Å²) in [6, 6.07) is 0. The van der Waals surface area contributed by atoms with Crippen LogP contribution in [0.3, 0.4) is 0 Å². The largest absolute Gasteiger partial charge is 0.381 e. The summed E-state index contributed by atoms with van der Waals surface area (Å²) in [6.45, 7) is 3.95. The van der Waals surface area contributed by atoms with Gasteiger partial charge in [0.1, 0.15) is 0 Å². The van der Waals surface area contributed by atoms with Gasteiger partial charge in [-0.2, -0.15) is 4.98 Å². The van der Waals surface area contributed by atoms with Gasteiger partial charge in [0.15, 0.2) is 5.82 Å². The Balaban J connectivity index is 1.49. The van der Waals surface area contributed by atoms with E-state index in [4.69, 9.17) is 9.26 Å². The van der Waals surface area contributed by atoms with Crippen molar-refractivity contribution >= 4 is 0 Å². The van der Waals surface area contributed by atoms with E-state index in [1.54, 1.807) is 0 Å². The lowest BCUT2D eigenvalue weighted by Gasteiger charge is -2.21. The van der Waals surface area contributed by atoms with E-state index in [-0.39, 0.29) is 0 Å². The van der Waals surface area contributed by atoms with Gasteiger partial charge in [0.05, 0.1) is 0 Å². The number of aromatic nitrogens is 2. The Morgan fingerprint density at radius 3 is 2.68 bits per heavy atom. The summed E-state index contributed by atoms with van der Waals surface area (Å²) in [7, 11) is 0. The van der Waals surface area contributed by atoms with Gasteiger partial charge in [0, 0.05) is 25.6 Å². The maximum Gasteiger partial charge on any atom is 0.229 e. The highest BCUT2D eigenvalue weighted by molar-refractivity contribution is 4.95. The van der Waals surface area contributed by atoms with Crippen LogP contribution in [0.1, 0.15) is 49.7 Å². The van der Waals surface area contributed by atoms with Gasteiger partial charge in [-0.1, -0.05) is 5.16 Å². The van der Waals surface area contributed by atoms with E-state index in [2.05, 4.69) is 15.5 Å². The summed E-state index contributed by atoms with van der Waals surface area (Å²) < 4.78 is 10.8. The van der Waals surface area contributed by atoms with Crippen molar-refractivity contribution in [1.82, 2.24) is 15.5 Å². The molecule has 0 saturated carbocycles. The molecule has 2 aliphatic heterocycles. The smallest absolute Gasteiger partial charge is 0.229 e. The Hall–Kier alpha value is -0.940. The standard InChI is InChI=1S/C14H23N3O2/c1(11-3-7-15-8-4-11)2-13-16-14(19-17-13)12-5-9-18-10-6-12/h11-12,15H,1-10H2. The van der Waals surface area contributed by atoms with E-state index < -0.39 is 0 Å². The Morgan fingerprint density at radius 1 is 1.11 bits per heavy atom. The fourth-order valence-corrected chi connectivity index (χ4v) is 2.98. The molecule has 1 aromatic rings. The lowest BCUT2D eigenvalue weighted by atomic mass is 9.93. The van der Waals surface area contributed by atoms with Crippen molar-refractivity contribution in [3.05, 3.63) is 11.7 Å². The van der Waals surface area contributed by atoms with E-state index in [0.717, 1.165) is 63.2 Å². The van der Waals surface area contributed by atoms with Gasteiger partial charge in [0.2, 0.25) is 5.89 Å². The average molecular weight is 265 g/mol. The normalized spacial score (nSPS) is 22.7. The minimum absolute atomic E-state index is 0.411. The van der Waals surface area contributed by atoms with Crippen LogP contribution >= 0.6 is 0 Å². The van der Waals surface area contributed by atoms with E-state index in [0.29, 0.717) is 5.92 Å². The summed E-state index contributed by atoms with van der Waals surface area (Å²) in [5.74, 6) is 2.95. The number of nitrogens with zero attached hydrogens (tertiary/aromatic N) is 2. The summed E-state index contributed by atoms with van der Waals surface area (Å²) in [5, 5.41) is 7.53. The fraction of sp³-hybridized carbons (Fsp3) is 0.857. The summed E-state index contributed by atoms with van der Waals surface area (Å²) in [4.78, 5) is 4.57. The summed E-state index contributed by atoms with van der Waals surface area (Å²) in [5.41, 5.74) is 0. The van der Waals surface area contributed by atoms with Crippen LogP contribution in [0.2, 0.25) is 0 Å². The molecule has 3 heterocycles. The van der Waals surface area contributed by atoms with Crippen molar-refractivity contribution in [2.75, 3.05) is 26.3 Å². The second-order valence-electron chi connectivity index (χ2n) is 5.67. The molecule has 5 heteroatoms. The van der Waals surface area contributed by atoms with Crippen molar-refractivity contribution < 1.29 is 9.26 Å². The van der Waals surface area contributed by atoms with Crippen molar-refractivity contribution in [2.45, 2.75) is 44.4 Å². The van der Waals surface area contributed by atoms with Crippen LogP contribution in [-0.4, -0.2) is 36.4 Å². The number of ether oxygens (including phenoxy) is 1. The number of aryl methyl sites for hydroxylation is 1. The molecule has 2 fully saturated rings. The monoisotopic (exact) mass is 265 g/mol. The SMILES string of the molecule is C1CC(CCc2noc(C3CCOCC3)n2)CCN1. The fourth-order valence-electron chi connectivity index (χ4n) is 2.98. The zero-order chi connectivity index (χ0) is 12.9. The van der Waals surface area contributed by atoms with Gasteiger partial charge >= 0.3 is 0 Å². The highest BCUT2D eigenvalue weighted by Gasteiger charge is 2.22. The van der Waals surface area contributed by atoms with E-state index in [1.807, 2.05) is 0 Å². The van der Waals surface area contributed by atoms with E-state index in [9.17, 15) is 0 Å². The molecular formula is C14H23N3O2. The Bertz CT molecular complexity index is 382. The van der Waals surface area contributed by atoms with Crippen molar-refractivity contribution in [2.24, 2.45) is 5.92 Å². The predicted octanol–water partition coefficient (Wildman–Crippen LogP) is 1.90. The maximum absolute atomic E-state index is 5.41. The van der Waals surface area contributed by atoms with Gasteiger partial charge in [-0.05, 0) is 51.1 Å². The minimum Gasteiger partial charge on any atom is -0.381 e. The molecule has 1 aromatic heterocycles. The quantitative estimate of drug-likeness (QED) is 0.901. The van der Waals surface area contributed by atoms with Crippen molar-refractivity contribution in [1.29, 1.82) is 0 Å². The van der Waals surface area contributed by atoms with Crippen molar-refractivity contribution in [3.63, 3.8) is 0 Å². The number of rotatable bonds is 4. The van der Waals surface area contributed by atoms with Gasteiger partial charge in [-0.3, -0.25) is 0 Å². The Kier molecular flexibility index (Phi) is 4.45. The molecule has 2 aliphatic rings. The second-order valence-corrected chi connectivity index (χ2v) is 5.67. The zero-order valence-electron chi connectivity index (χ0n) is 11.4. The van der Waals surface area contributed by atoms with Crippen LogP contribution in [0, 0.1) is 5.92 Å². The van der Waals surface area contributed by atoms with E-state index >= 15 is 0 Å². The molecule has 0 atom stereocenters. The Morgan fingerprint density at radius 2 is 1.89 bits per heavy atom. The Labute approximate surface area is 114 Å². The number of hydrogen-bond donors (Lipinski definition) is 1. The average Bonchev–Trinajstić information content (AvgIpc) is 2.96. The first-order chi connectivity index (χ1) is 9.42. The lowest BCUT2D eigenvalue weighted by molar-refractivity contribution is 0.0778. The second kappa shape index (κ2) is 6.48. The molecule has 0 unspecified atom stereocenters. The minimum atomic E-state index is 0.411. The van der Waals surface area contributed by atoms with Gasteiger partial charge in [-0.25, -0.2) is 0 Å². The predicted molar refractivity (Wildman–Crippen MR) is 71.0 cm³/mol. The van der Waals surface area contributed by atoms with Gasteiger partial charge in [0.25, 0.3) is 0 Å². The molecule has 19 heavy (non-hydrogen) atoms. The molecule has 0 amide bonds. The lowest BCUT2D eigenvalue weighted by Crippen LogP contribution is -2.27. The summed E-state index contributed by atoms with van der Waals surface area (Å²) >= 11 is 0. The third-order valence-electron chi connectivity index (χ3n) is 4.29. The number of piperidine rings is 1. The highest BCUT2D eigenvalue weighted by atomic mass is 16.5. The number of nitrogens with one attached hydrogen (secondary N) is 1. The molecule has 0 spiro atoms. The molecule has 2 saturated heterocycles. The molecular weight excluding hydrogens is 242 g/mol. The van der Waals surface area contributed by atoms with Gasteiger partial charge in [-0.15, -0.1) is 0 Å². The zero-order valence-corrected chi connectivity index (χ0v) is 11.4. The summed E-state index contributed by atoms with van der Waals surface area (Å²) in [6.07, 6.45) is 6.73. The first-order valence-electron chi connectivity index (χ1n) is 7.53. The highest BCUT2D eigenvalue weighted by Crippen LogP contribution is 2.26. The van der Waals surface area contributed by atoms with Crippen LogP contribution in [0.5, 0.6) is 0 Å². The van der Waals surface area contributed by atoms with Crippen LogP contribution in [0.25, 0.3) is 0 Å². The topological polar surface area (TPSA) is 60.2 Å². The van der Waals surface area contributed by atoms with Gasteiger partial charge < -0.3 is 14.6 Å². The van der Waals surface area contributed by atoms with E-state index in [1.165, 1.54) is 19.3 Å². The third-order valence-corrected chi connectivity index (χ3v) is 4.29. The molecule has 0 bridgehead atoms. The van der Waals surface area contributed by atoms with Crippen LogP contribution in [0.15, 0.2) is 4.52 Å². The molecule has 5 nitrogen and oxygen atoms in total. The third kappa shape index (κ3) is 3.54. The molecule has 1 N–H and O–H groups in total. The first-order valence-corrected chi connectivity index (χ1v) is 7.53. The maximum atomic E-state index is 5.41.